The highest BCUT2D eigenvalue weighted by molar-refractivity contribution is 7.98. The van der Waals surface area contributed by atoms with Crippen LogP contribution in [0.3, 0.4) is 0 Å². The number of primary amides is 1. The highest BCUT2D eigenvalue weighted by Crippen LogP contribution is 2.41. The zero-order valence-corrected chi connectivity index (χ0v) is 15.9. The van der Waals surface area contributed by atoms with Crippen molar-refractivity contribution in [2.75, 3.05) is 18.0 Å². The smallest absolute Gasteiger partial charge is 0.248 e. The van der Waals surface area contributed by atoms with Gasteiger partial charge in [-0.15, -0.1) is 10.2 Å². The van der Waals surface area contributed by atoms with Gasteiger partial charge in [-0.2, -0.15) is 0 Å². The van der Waals surface area contributed by atoms with Gasteiger partial charge in [0, 0.05) is 30.4 Å². The molecule has 0 radical (unpaired) electrons. The highest BCUT2D eigenvalue weighted by Gasteiger charge is 2.32. The molecule has 1 aromatic carbocycles. The van der Waals surface area contributed by atoms with Gasteiger partial charge in [-0.05, 0) is 49.3 Å². The minimum absolute atomic E-state index is 0.389. The molecule has 2 fully saturated rings. The summed E-state index contributed by atoms with van der Waals surface area (Å²) >= 11 is 1.68. The van der Waals surface area contributed by atoms with Crippen molar-refractivity contribution in [1.82, 2.24) is 14.8 Å². The van der Waals surface area contributed by atoms with E-state index < -0.39 is 0 Å². The fraction of sp³-hybridized carbons (Fsp3) is 0.526. The van der Waals surface area contributed by atoms with Crippen LogP contribution in [0, 0.1) is 5.92 Å². The largest absolute Gasteiger partial charge is 0.366 e. The van der Waals surface area contributed by atoms with E-state index in [0.29, 0.717) is 11.6 Å². The van der Waals surface area contributed by atoms with Crippen molar-refractivity contribution in [2.24, 2.45) is 11.7 Å². The average Bonchev–Trinajstić information content (AvgIpc) is 3.40. The number of piperidine rings is 1. The fourth-order valence-electron chi connectivity index (χ4n) is 3.41. The van der Waals surface area contributed by atoms with Gasteiger partial charge in [-0.3, -0.25) is 9.36 Å². The van der Waals surface area contributed by atoms with Crippen LogP contribution in [-0.2, 0) is 5.75 Å². The Labute approximate surface area is 158 Å². The third-order valence-electron chi connectivity index (χ3n) is 5.20. The Bertz CT molecular complexity index is 793. The molecule has 2 aliphatic rings. The van der Waals surface area contributed by atoms with E-state index >= 15 is 0 Å². The minimum Gasteiger partial charge on any atom is -0.366 e. The number of nitrogens with two attached hydrogens (primary N) is 1. The second-order valence-corrected chi connectivity index (χ2v) is 8.35. The monoisotopic (exact) mass is 371 g/mol. The predicted octanol–water partition coefficient (Wildman–Crippen LogP) is 3.24. The lowest BCUT2D eigenvalue weighted by Crippen LogP contribution is -2.34. The molecule has 1 saturated carbocycles. The molecule has 0 atom stereocenters. The van der Waals surface area contributed by atoms with E-state index in [1.165, 1.54) is 25.7 Å². The third kappa shape index (κ3) is 3.72. The number of hydrogen-bond donors (Lipinski definition) is 1. The van der Waals surface area contributed by atoms with E-state index in [0.717, 1.165) is 41.4 Å². The summed E-state index contributed by atoms with van der Waals surface area (Å²) in [5, 5.41) is 9.99. The number of aromatic nitrogens is 3. The van der Waals surface area contributed by atoms with Crippen LogP contribution in [-0.4, -0.2) is 33.8 Å². The molecule has 7 heteroatoms. The number of benzene rings is 1. The van der Waals surface area contributed by atoms with Crippen molar-refractivity contribution >= 4 is 23.6 Å². The first kappa shape index (κ1) is 17.4. The quantitative estimate of drug-likeness (QED) is 0.789. The molecule has 0 unspecified atom stereocenters. The molecule has 0 bridgehead atoms. The standard InChI is InChI=1S/C19H25N5OS/c1-13-7-9-23(10-8-13)18-21-22-19(24(18)16-5-6-16)26-12-14-3-2-4-15(11-14)17(20)25/h2-4,11,13,16H,5-10,12H2,1H3,(H2,20,25). The number of anilines is 1. The predicted molar refractivity (Wildman–Crippen MR) is 103 cm³/mol. The molecular formula is C19H25N5OS. The van der Waals surface area contributed by atoms with Crippen LogP contribution in [0.25, 0.3) is 0 Å². The van der Waals surface area contributed by atoms with Gasteiger partial charge < -0.3 is 10.6 Å². The van der Waals surface area contributed by atoms with E-state index in [-0.39, 0.29) is 5.91 Å². The SMILES string of the molecule is CC1CCN(c2nnc(SCc3cccc(C(N)=O)c3)n2C2CC2)CC1. The number of rotatable bonds is 6. The van der Waals surface area contributed by atoms with Gasteiger partial charge in [0.05, 0.1) is 0 Å². The molecule has 6 nitrogen and oxygen atoms in total. The summed E-state index contributed by atoms with van der Waals surface area (Å²) in [6.45, 7) is 4.46. The minimum atomic E-state index is -0.389. The average molecular weight is 372 g/mol. The molecule has 4 rings (SSSR count). The Balaban J connectivity index is 1.50. The lowest BCUT2D eigenvalue weighted by Gasteiger charge is -2.31. The van der Waals surface area contributed by atoms with Crippen molar-refractivity contribution in [3.05, 3.63) is 35.4 Å². The first-order valence-electron chi connectivity index (χ1n) is 9.33. The molecule has 0 spiro atoms. The van der Waals surface area contributed by atoms with Gasteiger partial charge in [-0.1, -0.05) is 30.8 Å². The van der Waals surface area contributed by atoms with Gasteiger partial charge in [0.1, 0.15) is 0 Å². The van der Waals surface area contributed by atoms with Gasteiger partial charge in [0.2, 0.25) is 11.9 Å². The number of carbonyl (C=O) groups is 1. The number of amides is 1. The van der Waals surface area contributed by atoms with E-state index in [1.807, 2.05) is 18.2 Å². The van der Waals surface area contributed by atoms with Crippen molar-refractivity contribution in [3.63, 3.8) is 0 Å². The second kappa shape index (κ2) is 7.31. The third-order valence-corrected chi connectivity index (χ3v) is 6.22. The molecule has 2 aromatic rings. The first-order valence-corrected chi connectivity index (χ1v) is 10.3. The lowest BCUT2D eigenvalue weighted by molar-refractivity contribution is 0.1000. The Kier molecular flexibility index (Phi) is 4.89. The molecular weight excluding hydrogens is 346 g/mol. The summed E-state index contributed by atoms with van der Waals surface area (Å²) in [5.74, 6) is 2.20. The maximum absolute atomic E-state index is 11.4. The molecule has 1 saturated heterocycles. The van der Waals surface area contributed by atoms with Crippen LogP contribution in [0.2, 0.25) is 0 Å². The highest BCUT2D eigenvalue weighted by atomic mass is 32.2. The van der Waals surface area contributed by atoms with Crippen LogP contribution in [0.1, 0.15) is 54.6 Å². The van der Waals surface area contributed by atoms with Crippen LogP contribution in [0.4, 0.5) is 5.95 Å². The Morgan fingerprint density at radius 1 is 1.23 bits per heavy atom. The molecule has 138 valence electrons. The molecule has 2 heterocycles. The van der Waals surface area contributed by atoms with Gasteiger partial charge >= 0.3 is 0 Å². The number of carbonyl (C=O) groups excluding carboxylic acids is 1. The van der Waals surface area contributed by atoms with Gasteiger partial charge in [-0.25, -0.2) is 0 Å². The van der Waals surface area contributed by atoms with Crippen molar-refractivity contribution in [2.45, 2.75) is 49.6 Å². The molecule has 1 aliphatic heterocycles. The zero-order valence-electron chi connectivity index (χ0n) is 15.1. The topological polar surface area (TPSA) is 77.0 Å². The fourth-order valence-corrected chi connectivity index (χ4v) is 4.35. The van der Waals surface area contributed by atoms with Crippen LogP contribution in [0.5, 0.6) is 0 Å². The summed E-state index contributed by atoms with van der Waals surface area (Å²) in [6.07, 6.45) is 4.86. The number of nitrogens with zero attached hydrogens (tertiary/aromatic N) is 4. The second-order valence-electron chi connectivity index (χ2n) is 7.41. The summed E-state index contributed by atoms with van der Waals surface area (Å²) in [5.41, 5.74) is 7.00. The number of thioether (sulfide) groups is 1. The van der Waals surface area contributed by atoms with E-state index in [4.69, 9.17) is 5.73 Å². The maximum atomic E-state index is 11.4. The van der Waals surface area contributed by atoms with Crippen molar-refractivity contribution < 1.29 is 4.79 Å². The van der Waals surface area contributed by atoms with E-state index in [1.54, 1.807) is 17.8 Å². The maximum Gasteiger partial charge on any atom is 0.248 e. The summed E-state index contributed by atoms with van der Waals surface area (Å²) in [6, 6.07) is 8.05. The number of hydrogen-bond acceptors (Lipinski definition) is 5. The molecule has 2 N–H and O–H groups in total. The van der Waals surface area contributed by atoms with Gasteiger partial charge in [0.25, 0.3) is 0 Å². The van der Waals surface area contributed by atoms with Crippen molar-refractivity contribution in [1.29, 1.82) is 0 Å². The van der Waals surface area contributed by atoms with Crippen LogP contribution < -0.4 is 10.6 Å². The van der Waals surface area contributed by atoms with Crippen LogP contribution >= 0.6 is 11.8 Å². The van der Waals surface area contributed by atoms with E-state index in [9.17, 15) is 4.79 Å². The molecule has 26 heavy (non-hydrogen) atoms. The lowest BCUT2D eigenvalue weighted by atomic mass is 10.00. The van der Waals surface area contributed by atoms with Crippen molar-refractivity contribution in [3.8, 4) is 0 Å². The molecule has 1 amide bonds. The summed E-state index contributed by atoms with van der Waals surface area (Å²) in [7, 11) is 0. The Morgan fingerprint density at radius 2 is 2.00 bits per heavy atom. The molecule has 1 aromatic heterocycles. The van der Waals surface area contributed by atoms with Gasteiger partial charge in [0.15, 0.2) is 5.16 Å². The Hall–Kier alpha value is -2.02. The molecule has 1 aliphatic carbocycles. The summed E-state index contributed by atoms with van der Waals surface area (Å²) < 4.78 is 2.33. The normalized spacial score (nSPS) is 18.3. The van der Waals surface area contributed by atoms with Crippen LogP contribution in [0.15, 0.2) is 29.4 Å². The zero-order chi connectivity index (χ0) is 18.1. The summed E-state index contributed by atoms with van der Waals surface area (Å²) in [4.78, 5) is 13.8. The Morgan fingerprint density at radius 3 is 2.69 bits per heavy atom. The van der Waals surface area contributed by atoms with E-state index in [2.05, 4.69) is 26.6 Å². The first-order chi connectivity index (χ1) is 12.6.